The maximum atomic E-state index is 9.55. The molecule has 0 spiro atoms. The predicted molar refractivity (Wildman–Crippen MR) is 67.3 cm³/mol. The van der Waals surface area contributed by atoms with Crippen LogP contribution >= 0.6 is 0 Å². The Balaban J connectivity index is -0.000000452. The fourth-order valence-electron chi connectivity index (χ4n) is 1.38. The molecule has 22 heavy (non-hydrogen) atoms. The number of rotatable bonds is 1. The summed E-state index contributed by atoms with van der Waals surface area (Å²) in [5.41, 5.74) is 7.18. The second-order valence-electron chi connectivity index (χ2n) is 5.21. The Morgan fingerprint density at radius 1 is 1.23 bits per heavy atom. The molecule has 1 saturated heterocycles. The zero-order valence-electron chi connectivity index (χ0n) is 13.4. The SMILES string of the molecule is O=S(=O)([O-])O.[CH2-]C1O[C@H](OC(C)(C)C)C([NH-])[C@@H](O)[C@@H]1O.[Na+].[Na+]. The molecule has 0 aromatic carbocycles. The van der Waals surface area contributed by atoms with E-state index in [2.05, 4.69) is 6.92 Å². The molecule has 0 bridgehead atoms. The summed E-state index contributed by atoms with van der Waals surface area (Å²) in [6.45, 7) is 9.04. The van der Waals surface area contributed by atoms with Crippen LogP contribution in [0.4, 0.5) is 0 Å². The second kappa shape index (κ2) is 11.3. The van der Waals surface area contributed by atoms with Gasteiger partial charge in [-0.2, -0.15) is 0 Å². The molecule has 0 saturated carbocycles. The molecular formula is C10H20NNa2O8S-. The number of aliphatic hydroxyl groups is 2. The zero-order chi connectivity index (χ0) is 16.3. The van der Waals surface area contributed by atoms with Crippen molar-refractivity contribution in [2.45, 2.75) is 57.0 Å². The number of hydrogen-bond acceptors (Lipinski definition) is 7. The fraction of sp³-hybridized carbons (Fsp3) is 0.900. The summed E-state index contributed by atoms with van der Waals surface area (Å²) in [6.07, 6.45) is -3.94. The van der Waals surface area contributed by atoms with Gasteiger partial charge < -0.3 is 36.9 Å². The average Bonchev–Trinajstić information content (AvgIpc) is 2.18. The molecule has 0 aromatic rings. The summed E-state index contributed by atoms with van der Waals surface area (Å²) in [4.78, 5) is 0. The predicted octanol–water partition coefficient (Wildman–Crippen LogP) is -6.48. The molecule has 4 N–H and O–H groups in total. The first-order valence-electron chi connectivity index (χ1n) is 5.64. The summed E-state index contributed by atoms with van der Waals surface area (Å²) >= 11 is 0. The minimum Gasteiger partial charge on any atom is -0.726 e. The molecule has 122 valence electrons. The van der Waals surface area contributed by atoms with Gasteiger partial charge in [-0.3, -0.25) is 4.55 Å². The van der Waals surface area contributed by atoms with Crippen LogP contribution in [0.1, 0.15) is 20.8 Å². The number of hydrogen-bond donors (Lipinski definition) is 3. The molecule has 0 aromatic heterocycles. The second-order valence-corrected chi connectivity index (χ2v) is 6.06. The Labute approximate surface area is 175 Å². The molecule has 0 amide bonds. The average molecular weight is 360 g/mol. The van der Waals surface area contributed by atoms with Crippen molar-refractivity contribution >= 4 is 10.4 Å². The number of ether oxygens (including phenoxy) is 2. The third-order valence-corrected chi connectivity index (χ3v) is 2.17. The summed E-state index contributed by atoms with van der Waals surface area (Å²) in [5.74, 6) is 0. The quantitative estimate of drug-likeness (QED) is 0.180. The first kappa shape index (κ1) is 28.5. The number of nitrogens with one attached hydrogen (secondary N) is 1. The first-order chi connectivity index (χ1) is 8.72. The van der Waals surface area contributed by atoms with Gasteiger partial charge in [-0.25, -0.2) is 8.42 Å². The van der Waals surface area contributed by atoms with Crippen molar-refractivity contribution in [2.75, 3.05) is 0 Å². The van der Waals surface area contributed by atoms with E-state index >= 15 is 0 Å². The van der Waals surface area contributed by atoms with Crippen molar-refractivity contribution in [3.05, 3.63) is 12.7 Å². The van der Waals surface area contributed by atoms with Gasteiger partial charge in [0.05, 0.1) is 17.8 Å². The van der Waals surface area contributed by atoms with Gasteiger partial charge in [0.15, 0.2) is 0 Å². The van der Waals surface area contributed by atoms with E-state index in [1.807, 2.05) is 20.8 Å². The summed E-state index contributed by atoms with van der Waals surface area (Å²) in [5, 5.41) is 19.0. The van der Waals surface area contributed by atoms with Crippen LogP contribution in [0.5, 0.6) is 0 Å². The molecule has 1 aliphatic rings. The maximum absolute atomic E-state index is 9.55. The largest absolute Gasteiger partial charge is 1.00 e. The topological polar surface area (TPSA) is 160 Å². The van der Waals surface area contributed by atoms with Gasteiger partial charge in [0.2, 0.25) is 10.4 Å². The summed E-state index contributed by atoms with van der Waals surface area (Å²) in [7, 11) is -4.92. The molecule has 9 nitrogen and oxygen atoms in total. The van der Waals surface area contributed by atoms with Crippen LogP contribution in [0.25, 0.3) is 5.73 Å². The van der Waals surface area contributed by atoms with Crippen molar-refractivity contribution in [3.63, 3.8) is 0 Å². The maximum Gasteiger partial charge on any atom is 1.00 e. The Morgan fingerprint density at radius 3 is 1.91 bits per heavy atom. The smallest absolute Gasteiger partial charge is 0.726 e. The first-order valence-corrected chi connectivity index (χ1v) is 7.01. The van der Waals surface area contributed by atoms with Gasteiger partial charge in [0.1, 0.15) is 6.29 Å². The molecule has 1 fully saturated rings. The Kier molecular flexibility index (Phi) is 14.6. The summed E-state index contributed by atoms with van der Waals surface area (Å²) in [6, 6.07) is -1.02. The normalized spacial score (nSPS) is 32.0. The van der Waals surface area contributed by atoms with Crippen molar-refractivity contribution in [1.82, 2.24) is 0 Å². The Bertz CT molecular complexity index is 394. The standard InChI is InChI=1S/C10H19NO4.2Na.H2O4S/c1-5-7(12)8(13)6(11)9(14-5)15-10(2,3)4;;;1-5(2,3)4/h5-9,11-13H,1H2,2-4H3;;;(H2,1,2,3,4)/q-2;2*+1;/p-1/t5?,6?,7-,8-,9-;;;/m1.../s1. The van der Waals surface area contributed by atoms with Gasteiger partial charge in [-0.15, -0.1) is 0 Å². The molecule has 1 heterocycles. The van der Waals surface area contributed by atoms with Crippen molar-refractivity contribution < 1.29 is 96.3 Å². The molecule has 0 aliphatic carbocycles. The van der Waals surface area contributed by atoms with Crippen LogP contribution in [0.2, 0.25) is 0 Å². The van der Waals surface area contributed by atoms with Gasteiger partial charge in [-0.1, -0.05) is 6.04 Å². The van der Waals surface area contributed by atoms with E-state index in [4.69, 9.17) is 32.7 Å². The molecule has 1 aliphatic heterocycles. The van der Waals surface area contributed by atoms with E-state index in [-0.39, 0.29) is 59.1 Å². The monoisotopic (exact) mass is 360 g/mol. The minimum absolute atomic E-state index is 0. The van der Waals surface area contributed by atoms with Crippen LogP contribution in [0, 0.1) is 6.92 Å². The van der Waals surface area contributed by atoms with E-state index in [0.717, 1.165) is 0 Å². The molecule has 0 radical (unpaired) electrons. The van der Waals surface area contributed by atoms with Crippen LogP contribution in [0.3, 0.4) is 0 Å². The van der Waals surface area contributed by atoms with Crippen LogP contribution < -0.4 is 59.1 Å². The van der Waals surface area contributed by atoms with Gasteiger partial charge >= 0.3 is 59.1 Å². The summed E-state index contributed by atoms with van der Waals surface area (Å²) < 4.78 is 43.5. The van der Waals surface area contributed by atoms with Crippen molar-refractivity contribution in [3.8, 4) is 0 Å². The Morgan fingerprint density at radius 2 is 1.59 bits per heavy atom. The molecule has 1 rings (SSSR count). The van der Waals surface area contributed by atoms with E-state index < -0.39 is 46.6 Å². The number of aliphatic hydroxyl groups excluding tert-OH is 2. The van der Waals surface area contributed by atoms with Crippen molar-refractivity contribution in [1.29, 1.82) is 0 Å². The minimum atomic E-state index is -4.92. The van der Waals surface area contributed by atoms with E-state index in [1.54, 1.807) is 0 Å². The third-order valence-electron chi connectivity index (χ3n) is 2.17. The van der Waals surface area contributed by atoms with E-state index in [1.165, 1.54) is 0 Å². The fourth-order valence-corrected chi connectivity index (χ4v) is 1.38. The molecule has 12 heteroatoms. The Hall–Kier alpha value is 1.67. The van der Waals surface area contributed by atoms with E-state index in [0.29, 0.717) is 0 Å². The van der Waals surface area contributed by atoms with Crippen molar-refractivity contribution in [2.24, 2.45) is 0 Å². The molecule has 2 unspecified atom stereocenters. The van der Waals surface area contributed by atoms with Crippen LogP contribution in [-0.4, -0.2) is 64.0 Å². The molecule has 5 atom stereocenters. The van der Waals surface area contributed by atoms with Crippen LogP contribution in [-0.2, 0) is 19.9 Å². The van der Waals surface area contributed by atoms with Gasteiger partial charge in [-0.05, 0) is 26.9 Å². The van der Waals surface area contributed by atoms with E-state index in [9.17, 15) is 10.2 Å². The van der Waals surface area contributed by atoms with Gasteiger partial charge in [0.25, 0.3) is 0 Å². The van der Waals surface area contributed by atoms with Gasteiger partial charge in [0, 0.05) is 0 Å². The zero-order valence-corrected chi connectivity index (χ0v) is 18.2. The van der Waals surface area contributed by atoms with Crippen LogP contribution in [0.15, 0.2) is 0 Å². The molecular weight excluding hydrogens is 340 g/mol. The third kappa shape index (κ3) is 13.0.